The highest BCUT2D eigenvalue weighted by molar-refractivity contribution is 5.55. The van der Waals surface area contributed by atoms with Crippen LogP contribution in [0.25, 0.3) is 0 Å². The van der Waals surface area contributed by atoms with Gasteiger partial charge in [-0.2, -0.15) is 0 Å². The number of hydrogen-bond donors (Lipinski definition) is 2. The summed E-state index contributed by atoms with van der Waals surface area (Å²) in [6, 6.07) is 7.45. The monoisotopic (exact) mass is 178 g/mol. The summed E-state index contributed by atoms with van der Waals surface area (Å²) in [4.78, 5) is 14.4. The number of rotatable bonds is 4. The van der Waals surface area contributed by atoms with E-state index in [1.165, 1.54) is 5.94 Å². The average molecular weight is 178 g/mol. The van der Waals surface area contributed by atoms with Crippen LogP contribution in [-0.4, -0.2) is 13.0 Å². The summed E-state index contributed by atoms with van der Waals surface area (Å²) in [5.74, 6) is 1.49. The fraction of sp³-hybridized carbons (Fsp3) is 0.111. The van der Waals surface area contributed by atoms with Crippen molar-refractivity contribution >= 4 is 17.3 Å². The molecule has 0 unspecified atom stereocenters. The maximum atomic E-state index is 9.76. The summed E-state index contributed by atoms with van der Waals surface area (Å²) in [6.07, 6.45) is 0.909. The Morgan fingerprint density at radius 2 is 2.23 bits per heavy atom. The summed E-state index contributed by atoms with van der Waals surface area (Å²) in [5, 5.41) is 2.97. The fourth-order valence-electron chi connectivity index (χ4n) is 0.860. The molecule has 0 bridgehead atoms. The summed E-state index contributed by atoms with van der Waals surface area (Å²) in [6.45, 7) is 0. The highest BCUT2D eigenvalue weighted by atomic mass is 16.6. The molecule has 1 rings (SSSR count). The average Bonchev–Trinajstić information content (AvgIpc) is 2.19. The molecule has 0 aliphatic rings. The minimum Gasteiger partial charge on any atom is -0.388 e. The van der Waals surface area contributed by atoms with Crippen LogP contribution in [0.15, 0.2) is 30.5 Å². The SMILES string of the molecule is CNc1cccc(NOC=C=O)c1. The molecule has 0 atom stereocenters. The van der Waals surface area contributed by atoms with Crippen LogP contribution >= 0.6 is 0 Å². The van der Waals surface area contributed by atoms with Crippen LogP contribution in [-0.2, 0) is 9.63 Å². The van der Waals surface area contributed by atoms with E-state index in [2.05, 4.69) is 15.6 Å². The normalized spacial score (nSPS) is 8.38. The van der Waals surface area contributed by atoms with Crippen molar-refractivity contribution in [3.05, 3.63) is 30.5 Å². The Morgan fingerprint density at radius 3 is 2.92 bits per heavy atom. The van der Waals surface area contributed by atoms with Crippen LogP contribution < -0.4 is 10.8 Å². The Morgan fingerprint density at radius 1 is 1.46 bits per heavy atom. The number of benzene rings is 1. The van der Waals surface area contributed by atoms with Crippen molar-refractivity contribution in [1.82, 2.24) is 0 Å². The van der Waals surface area contributed by atoms with Gasteiger partial charge in [0.25, 0.3) is 0 Å². The van der Waals surface area contributed by atoms with E-state index in [1.807, 2.05) is 31.3 Å². The third-order valence-corrected chi connectivity index (χ3v) is 1.44. The van der Waals surface area contributed by atoms with Crippen LogP contribution in [0.3, 0.4) is 0 Å². The molecule has 1 aromatic carbocycles. The van der Waals surface area contributed by atoms with Crippen molar-refractivity contribution in [3.8, 4) is 0 Å². The molecule has 0 amide bonds. The molecule has 2 N–H and O–H groups in total. The van der Waals surface area contributed by atoms with Gasteiger partial charge in [-0.1, -0.05) is 6.07 Å². The lowest BCUT2D eigenvalue weighted by molar-refractivity contribution is 0.332. The largest absolute Gasteiger partial charge is 0.388 e. The molecule has 0 radical (unpaired) electrons. The first-order chi connectivity index (χ1) is 6.36. The van der Waals surface area contributed by atoms with Crippen molar-refractivity contribution in [2.75, 3.05) is 17.8 Å². The predicted molar refractivity (Wildman–Crippen MR) is 51.0 cm³/mol. The van der Waals surface area contributed by atoms with E-state index in [-0.39, 0.29) is 0 Å². The van der Waals surface area contributed by atoms with Gasteiger partial charge in [0.1, 0.15) is 0 Å². The van der Waals surface area contributed by atoms with Crippen LogP contribution in [0, 0.1) is 0 Å². The molecule has 68 valence electrons. The molecular formula is C9H10N2O2. The summed E-state index contributed by atoms with van der Waals surface area (Å²) in [7, 11) is 1.82. The van der Waals surface area contributed by atoms with Gasteiger partial charge in [-0.05, 0) is 18.2 Å². The Kier molecular flexibility index (Phi) is 3.42. The van der Waals surface area contributed by atoms with E-state index in [0.717, 1.165) is 17.6 Å². The molecule has 0 aliphatic carbocycles. The van der Waals surface area contributed by atoms with Gasteiger partial charge in [0.05, 0.1) is 5.69 Å². The molecule has 0 aromatic heterocycles. The van der Waals surface area contributed by atoms with Gasteiger partial charge < -0.3 is 10.2 Å². The van der Waals surface area contributed by atoms with Crippen molar-refractivity contribution in [1.29, 1.82) is 0 Å². The number of nitrogens with one attached hydrogen (secondary N) is 2. The minimum absolute atomic E-state index is 0.762. The van der Waals surface area contributed by atoms with E-state index < -0.39 is 0 Å². The summed E-state index contributed by atoms with van der Waals surface area (Å²) < 4.78 is 0. The molecule has 0 saturated carbocycles. The molecule has 0 fully saturated rings. The first-order valence-electron chi connectivity index (χ1n) is 3.75. The molecular weight excluding hydrogens is 168 g/mol. The van der Waals surface area contributed by atoms with E-state index >= 15 is 0 Å². The number of anilines is 2. The maximum absolute atomic E-state index is 9.76. The quantitative estimate of drug-likeness (QED) is 0.416. The van der Waals surface area contributed by atoms with Crippen LogP contribution in [0.5, 0.6) is 0 Å². The first kappa shape index (κ1) is 9.16. The molecule has 4 heteroatoms. The Labute approximate surface area is 76.2 Å². The topological polar surface area (TPSA) is 50.4 Å². The maximum Gasteiger partial charge on any atom is 0.202 e. The van der Waals surface area contributed by atoms with Gasteiger partial charge in [0.15, 0.2) is 5.94 Å². The molecule has 0 saturated heterocycles. The van der Waals surface area contributed by atoms with Crippen molar-refractivity contribution in [2.24, 2.45) is 0 Å². The minimum atomic E-state index is 0.762. The van der Waals surface area contributed by atoms with Crippen molar-refractivity contribution < 1.29 is 9.63 Å². The molecule has 0 aliphatic heterocycles. The van der Waals surface area contributed by atoms with Gasteiger partial charge >= 0.3 is 0 Å². The highest BCUT2D eigenvalue weighted by Crippen LogP contribution is 2.13. The van der Waals surface area contributed by atoms with E-state index in [4.69, 9.17) is 0 Å². The molecule has 13 heavy (non-hydrogen) atoms. The zero-order chi connectivity index (χ0) is 9.52. The second-order valence-electron chi connectivity index (χ2n) is 2.29. The van der Waals surface area contributed by atoms with Crippen LogP contribution in [0.1, 0.15) is 0 Å². The Hall–Kier alpha value is -1.93. The second kappa shape index (κ2) is 4.85. The predicted octanol–water partition coefficient (Wildman–Crippen LogP) is 1.42. The fourth-order valence-corrected chi connectivity index (χ4v) is 0.860. The van der Waals surface area contributed by atoms with Gasteiger partial charge in [-0.15, -0.1) is 0 Å². The molecule has 0 heterocycles. The third kappa shape index (κ3) is 2.89. The Bertz CT molecular complexity index is 319. The second-order valence-corrected chi connectivity index (χ2v) is 2.29. The standard InChI is InChI=1S/C9H10N2O2/c1-10-8-3-2-4-9(7-8)11-13-6-5-12/h2-4,6-7,10-11H,1H3. The number of carbonyl (C=O) groups excluding carboxylic acids is 1. The first-order valence-corrected chi connectivity index (χ1v) is 3.75. The molecule has 4 nitrogen and oxygen atoms in total. The molecule has 0 spiro atoms. The van der Waals surface area contributed by atoms with Gasteiger partial charge in [0, 0.05) is 12.7 Å². The van der Waals surface area contributed by atoms with E-state index in [0.29, 0.717) is 0 Å². The van der Waals surface area contributed by atoms with E-state index in [1.54, 1.807) is 0 Å². The van der Waals surface area contributed by atoms with Gasteiger partial charge in [-0.3, -0.25) is 0 Å². The van der Waals surface area contributed by atoms with Crippen molar-refractivity contribution in [3.63, 3.8) is 0 Å². The highest BCUT2D eigenvalue weighted by Gasteiger charge is 1.91. The summed E-state index contributed by atoms with van der Waals surface area (Å²) in [5.41, 5.74) is 4.29. The lowest BCUT2D eigenvalue weighted by atomic mass is 10.3. The van der Waals surface area contributed by atoms with Gasteiger partial charge in [-0.25, -0.2) is 10.3 Å². The van der Waals surface area contributed by atoms with E-state index in [9.17, 15) is 4.79 Å². The Balaban J connectivity index is 2.60. The zero-order valence-electron chi connectivity index (χ0n) is 7.20. The zero-order valence-corrected chi connectivity index (χ0v) is 7.20. The smallest absolute Gasteiger partial charge is 0.202 e. The third-order valence-electron chi connectivity index (χ3n) is 1.44. The van der Waals surface area contributed by atoms with Crippen molar-refractivity contribution in [2.45, 2.75) is 0 Å². The van der Waals surface area contributed by atoms with Gasteiger partial charge in [0.2, 0.25) is 6.26 Å². The van der Waals surface area contributed by atoms with Crippen LogP contribution in [0.4, 0.5) is 11.4 Å². The summed E-state index contributed by atoms with van der Waals surface area (Å²) >= 11 is 0. The number of hydrogen-bond acceptors (Lipinski definition) is 4. The molecule has 1 aromatic rings. The lowest BCUT2D eigenvalue weighted by Crippen LogP contribution is -1.96. The lowest BCUT2D eigenvalue weighted by Gasteiger charge is -2.05. The van der Waals surface area contributed by atoms with Crippen LogP contribution in [0.2, 0.25) is 0 Å².